The summed E-state index contributed by atoms with van der Waals surface area (Å²) in [4.78, 5) is 0. The van der Waals surface area contributed by atoms with Gasteiger partial charge in [-0.2, -0.15) is 0 Å². The maximum atomic E-state index is 10.6. The molecule has 4 aliphatic carbocycles. The molecule has 2 unspecified atom stereocenters. The lowest BCUT2D eigenvalue weighted by Gasteiger charge is -2.44. The van der Waals surface area contributed by atoms with Gasteiger partial charge >= 0.3 is 0 Å². The molecular weight excluding hydrogens is 396 g/mol. The molecule has 0 aliphatic heterocycles. The van der Waals surface area contributed by atoms with E-state index in [1.54, 1.807) is 5.57 Å². The lowest BCUT2D eigenvalue weighted by molar-refractivity contribution is 0.0385. The largest absolute Gasteiger partial charge is 0.393 e. The second kappa shape index (κ2) is 9.24. The quantitative estimate of drug-likeness (QED) is 0.479. The summed E-state index contributed by atoms with van der Waals surface area (Å²) in [5.74, 6) is 2.13. The first kappa shape index (κ1) is 24.0. The molecule has 4 rings (SSSR count). The van der Waals surface area contributed by atoms with Crippen LogP contribution >= 0.6 is 0 Å². The zero-order valence-electron chi connectivity index (χ0n) is 20.4. The third kappa shape index (κ3) is 4.58. The van der Waals surface area contributed by atoms with Crippen LogP contribution in [0.15, 0.2) is 47.6 Å². The van der Waals surface area contributed by atoms with E-state index in [0.29, 0.717) is 41.9 Å². The van der Waals surface area contributed by atoms with E-state index >= 15 is 0 Å². The van der Waals surface area contributed by atoms with Crippen LogP contribution < -0.4 is 0 Å². The first-order valence-electron chi connectivity index (χ1n) is 13.0. The van der Waals surface area contributed by atoms with E-state index in [9.17, 15) is 15.3 Å². The van der Waals surface area contributed by atoms with Crippen LogP contribution in [-0.2, 0) is 0 Å². The summed E-state index contributed by atoms with van der Waals surface area (Å²) in [6, 6.07) is 0. The Kier molecular flexibility index (Phi) is 6.92. The molecule has 0 saturated heterocycles. The van der Waals surface area contributed by atoms with E-state index in [-0.39, 0.29) is 0 Å². The molecule has 0 aromatic heterocycles. The summed E-state index contributed by atoms with van der Waals surface area (Å²) in [6.45, 7) is 11.0. The van der Waals surface area contributed by atoms with Crippen molar-refractivity contribution in [1.29, 1.82) is 0 Å². The lowest BCUT2D eigenvalue weighted by atomic mass is 9.61. The van der Waals surface area contributed by atoms with E-state index in [4.69, 9.17) is 0 Å². The summed E-state index contributed by atoms with van der Waals surface area (Å²) in [7, 11) is 0. The number of rotatable bonds is 4. The zero-order chi connectivity index (χ0) is 23.1. The summed E-state index contributed by atoms with van der Waals surface area (Å²) < 4.78 is 0. The highest BCUT2D eigenvalue weighted by molar-refractivity contribution is 5.38. The number of allylic oxidation sites excluding steroid dienone is 4. The van der Waals surface area contributed by atoms with Crippen molar-refractivity contribution >= 4 is 0 Å². The van der Waals surface area contributed by atoms with Crippen molar-refractivity contribution in [2.24, 2.45) is 29.1 Å². The van der Waals surface area contributed by atoms with Gasteiger partial charge in [-0.3, -0.25) is 0 Å². The molecule has 4 aliphatic rings. The fourth-order valence-corrected chi connectivity index (χ4v) is 7.53. The van der Waals surface area contributed by atoms with Gasteiger partial charge in [0.05, 0.1) is 17.8 Å². The number of aliphatic hydroxyl groups is 3. The monoisotopic (exact) mass is 440 g/mol. The van der Waals surface area contributed by atoms with Crippen LogP contribution in [0.25, 0.3) is 0 Å². The normalized spacial score (nSPS) is 46.3. The Morgan fingerprint density at radius 2 is 1.84 bits per heavy atom. The molecule has 8 atom stereocenters. The Hall–Kier alpha value is -1.16. The van der Waals surface area contributed by atoms with Crippen LogP contribution in [0.2, 0.25) is 0 Å². The van der Waals surface area contributed by atoms with Crippen molar-refractivity contribution in [3.63, 3.8) is 0 Å². The van der Waals surface area contributed by atoms with Crippen molar-refractivity contribution in [2.75, 3.05) is 0 Å². The highest BCUT2D eigenvalue weighted by Gasteiger charge is 2.50. The molecule has 32 heavy (non-hydrogen) atoms. The molecule has 0 aromatic rings. The first-order valence-corrected chi connectivity index (χ1v) is 13.0. The molecule has 0 amide bonds. The van der Waals surface area contributed by atoms with Crippen LogP contribution in [0.5, 0.6) is 0 Å². The van der Waals surface area contributed by atoms with Crippen LogP contribution in [0.3, 0.4) is 0 Å². The molecule has 4 saturated carbocycles. The Balaban J connectivity index is 1.49. The molecule has 3 heteroatoms. The molecular formula is C29H44O3. The van der Waals surface area contributed by atoms with Gasteiger partial charge in [0.25, 0.3) is 0 Å². The third-order valence-electron chi connectivity index (χ3n) is 9.58. The van der Waals surface area contributed by atoms with E-state index in [2.05, 4.69) is 44.7 Å². The van der Waals surface area contributed by atoms with Crippen molar-refractivity contribution in [2.45, 2.75) is 103 Å². The summed E-state index contributed by atoms with van der Waals surface area (Å²) in [6.07, 6.45) is 18.4. The van der Waals surface area contributed by atoms with Crippen molar-refractivity contribution in [1.82, 2.24) is 0 Å². The van der Waals surface area contributed by atoms with Crippen LogP contribution in [0.4, 0.5) is 0 Å². The number of fused-ring (bicyclic) bond motifs is 1. The predicted octanol–water partition coefficient (Wildman–Crippen LogP) is 5.87. The molecule has 0 spiro atoms. The van der Waals surface area contributed by atoms with Crippen LogP contribution in [0, 0.1) is 29.1 Å². The van der Waals surface area contributed by atoms with Gasteiger partial charge in [0.2, 0.25) is 0 Å². The van der Waals surface area contributed by atoms with Crippen molar-refractivity contribution in [3.05, 3.63) is 47.6 Å². The standard InChI is InChI=1S/C29H44O3/c1-19(9-12-23-8-6-16-29(23,4)32)25-13-14-26-21(7-5-15-28(25,26)3)10-11-22-17-24(30)18-27(31)20(22)2/h9-12,19,23-27,30-32H,2,5-8,13-18H2,1,3-4H3/b12-9+,21-10+,22-11-/t19-,23+,24-,25-,26+,27?,28-,29?/m1/s1. The van der Waals surface area contributed by atoms with Gasteiger partial charge in [-0.25, -0.2) is 0 Å². The topological polar surface area (TPSA) is 60.7 Å². The Morgan fingerprint density at radius 3 is 2.56 bits per heavy atom. The van der Waals surface area contributed by atoms with Crippen molar-refractivity contribution in [3.8, 4) is 0 Å². The fraction of sp³-hybridized carbons (Fsp3) is 0.724. The predicted molar refractivity (Wildman–Crippen MR) is 131 cm³/mol. The van der Waals surface area contributed by atoms with Crippen LogP contribution in [-0.4, -0.2) is 33.1 Å². The molecule has 0 aromatic carbocycles. The average molecular weight is 441 g/mol. The number of aliphatic hydroxyl groups excluding tert-OH is 2. The van der Waals surface area contributed by atoms with E-state index in [0.717, 1.165) is 36.8 Å². The smallest absolute Gasteiger partial charge is 0.0811 e. The molecule has 0 bridgehead atoms. The molecule has 3 nitrogen and oxygen atoms in total. The molecule has 0 heterocycles. The SMILES string of the molecule is C=C1/C(=C\C=C2/CCC[C@]3(C)[C@@H]([C@H](C)/C=C/[C@@H]4CCCC4(C)O)CC[C@@H]23)C[C@@H](O)CC1O. The summed E-state index contributed by atoms with van der Waals surface area (Å²) in [5, 5.41) is 30.9. The van der Waals surface area contributed by atoms with E-state index in [1.807, 2.05) is 6.92 Å². The number of hydrogen-bond acceptors (Lipinski definition) is 3. The fourth-order valence-electron chi connectivity index (χ4n) is 7.53. The summed E-state index contributed by atoms with van der Waals surface area (Å²) >= 11 is 0. The third-order valence-corrected chi connectivity index (χ3v) is 9.58. The van der Waals surface area contributed by atoms with Crippen LogP contribution in [0.1, 0.15) is 85.0 Å². The van der Waals surface area contributed by atoms with Gasteiger partial charge in [-0.05, 0) is 99.0 Å². The van der Waals surface area contributed by atoms with Gasteiger partial charge in [-0.15, -0.1) is 0 Å². The summed E-state index contributed by atoms with van der Waals surface area (Å²) in [5.41, 5.74) is 3.12. The average Bonchev–Trinajstić information content (AvgIpc) is 3.26. The molecule has 178 valence electrons. The molecule has 0 radical (unpaired) electrons. The Labute approximate surface area is 195 Å². The maximum Gasteiger partial charge on any atom is 0.0811 e. The van der Waals surface area contributed by atoms with Gasteiger partial charge in [0.1, 0.15) is 0 Å². The minimum Gasteiger partial charge on any atom is -0.393 e. The zero-order valence-corrected chi connectivity index (χ0v) is 20.4. The minimum absolute atomic E-state index is 0.303. The molecule has 4 fully saturated rings. The van der Waals surface area contributed by atoms with Gasteiger partial charge in [0, 0.05) is 12.3 Å². The van der Waals surface area contributed by atoms with Gasteiger partial charge in [0.15, 0.2) is 0 Å². The Morgan fingerprint density at radius 1 is 1.06 bits per heavy atom. The lowest BCUT2D eigenvalue weighted by Crippen LogP contribution is -2.35. The second-order valence-corrected chi connectivity index (χ2v) is 11.8. The highest BCUT2D eigenvalue weighted by Crippen LogP contribution is 2.59. The van der Waals surface area contributed by atoms with E-state index < -0.39 is 17.8 Å². The van der Waals surface area contributed by atoms with E-state index in [1.165, 1.54) is 25.7 Å². The Bertz CT molecular complexity index is 803. The van der Waals surface area contributed by atoms with Gasteiger partial charge in [-0.1, -0.05) is 50.3 Å². The van der Waals surface area contributed by atoms with Gasteiger partial charge < -0.3 is 15.3 Å². The minimum atomic E-state index is -0.621. The maximum absolute atomic E-state index is 10.6. The van der Waals surface area contributed by atoms with Crippen molar-refractivity contribution < 1.29 is 15.3 Å². The highest BCUT2D eigenvalue weighted by atomic mass is 16.3. The first-order chi connectivity index (χ1) is 15.1. The second-order valence-electron chi connectivity index (χ2n) is 11.8. The molecule has 3 N–H and O–H groups in total. The number of hydrogen-bond donors (Lipinski definition) is 3.